The van der Waals surface area contributed by atoms with Crippen molar-refractivity contribution in [2.24, 2.45) is 5.92 Å². The lowest BCUT2D eigenvalue weighted by Gasteiger charge is -2.22. The third-order valence-corrected chi connectivity index (χ3v) is 4.72. The van der Waals surface area contributed by atoms with Crippen molar-refractivity contribution >= 4 is 17.5 Å². The molecule has 3 rings (SSSR count). The van der Waals surface area contributed by atoms with Gasteiger partial charge in [-0.25, -0.2) is 0 Å². The van der Waals surface area contributed by atoms with Gasteiger partial charge in [-0.3, -0.25) is 14.3 Å². The maximum atomic E-state index is 12.9. The number of nitrogens with one attached hydrogen (secondary N) is 2. The highest BCUT2D eigenvalue weighted by molar-refractivity contribution is 6.01. The maximum absolute atomic E-state index is 12.9. The predicted octanol–water partition coefficient (Wildman–Crippen LogP) is 3.63. The van der Waals surface area contributed by atoms with Crippen molar-refractivity contribution in [3.63, 3.8) is 0 Å². The lowest BCUT2D eigenvalue weighted by Crippen LogP contribution is -2.47. The Morgan fingerprint density at radius 3 is 2.55 bits per heavy atom. The van der Waals surface area contributed by atoms with Gasteiger partial charge in [-0.05, 0) is 48.2 Å². The Bertz CT molecular complexity index is 980. The minimum Gasteiger partial charge on any atom is -0.340 e. The molecule has 6 nitrogen and oxygen atoms in total. The molecular weight excluding hydrogens is 364 g/mol. The molecule has 3 aromatic rings. The van der Waals surface area contributed by atoms with Gasteiger partial charge in [0.25, 0.3) is 5.91 Å². The van der Waals surface area contributed by atoms with Gasteiger partial charge in [-0.2, -0.15) is 5.10 Å². The number of anilines is 1. The summed E-state index contributed by atoms with van der Waals surface area (Å²) in [5.41, 5.74) is 3.17. The lowest BCUT2D eigenvalue weighted by atomic mass is 10.0. The molecule has 2 amide bonds. The SMILES string of the molecule is Cc1ccccc1C(=O)NC(C(=O)Nc1cccc(Cn2cccn2)c1)C(C)C. The van der Waals surface area contributed by atoms with E-state index in [2.05, 4.69) is 15.7 Å². The van der Waals surface area contributed by atoms with Crippen molar-refractivity contribution in [1.82, 2.24) is 15.1 Å². The molecule has 0 bridgehead atoms. The monoisotopic (exact) mass is 390 g/mol. The number of carbonyl (C=O) groups is 2. The number of rotatable bonds is 7. The number of benzene rings is 2. The molecule has 2 N–H and O–H groups in total. The van der Waals surface area contributed by atoms with E-state index in [9.17, 15) is 9.59 Å². The van der Waals surface area contributed by atoms with Crippen molar-refractivity contribution in [2.45, 2.75) is 33.4 Å². The van der Waals surface area contributed by atoms with Gasteiger partial charge < -0.3 is 10.6 Å². The van der Waals surface area contributed by atoms with Crippen LogP contribution in [-0.4, -0.2) is 27.6 Å². The first-order chi connectivity index (χ1) is 13.9. The molecule has 0 saturated heterocycles. The van der Waals surface area contributed by atoms with E-state index in [-0.39, 0.29) is 17.7 Å². The summed E-state index contributed by atoms with van der Waals surface area (Å²) in [5.74, 6) is -0.544. The summed E-state index contributed by atoms with van der Waals surface area (Å²) >= 11 is 0. The third kappa shape index (κ3) is 5.31. The fourth-order valence-electron chi connectivity index (χ4n) is 3.13. The summed E-state index contributed by atoms with van der Waals surface area (Å²) in [4.78, 5) is 25.6. The summed E-state index contributed by atoms with van der Waals surface area (Å²) in [7, 11) is 0. The van der Waals surface area contributed by atoms with Crippen LogP contribution in [0.15, 0.2) is 67.0 Å². The molecule has 0 aliphatic heterocycles. The second kappa shape index (κ2) is 9.19. The van der Waals surface area contributed by atoms with E-state index < -0.39 is 6.04 Å². The maximum Gasteiger partial charge on any atom is 0.252 e. The quantitative estimate of drug-likeness (QED) is 0.647. The molecule has 1 unspecified atom stereocenters. The molecule has 0 fully saturated rings. The topological polar surface area (TPSA) is 76.0 Å². The van der Waals surface area contributed by atoms with Crippen molar-refractivity contribution in [1.29, 1.82) is 0 Å². The minimum absolute atomic E-state index is 0.0600. The zero-order chi connectivity index (χ0) is 20.8. The predicted molar refractivity (Wildman–Crippen MR) is 114 cm³/mol. The Morgan fingerprint density at radius 1 is 1.07 bits per heavy atom. The molecule has 0 aliphatic rings. The van der Waals surface area contributed by atoms with E-state index in [0.717, 1.165) is 11.1 Å². The summed E-state index contributed by atoms with van der Waals surface area (Å²) in [6.07, 6.45) is 3.62. The Morgan fingerprint density at radius 2 is 1.86 bits per heavy atom. The van der Waals surface area contributed by atoms with Crippen molar-refractivity contribution in [3.05, 3.63) is 83.7 Å². The molecule has 0 radical (unpaired) electrons. The molecule has 1 aromatic heterocycles. The molecule has 0 saturated carbocycles. The third-order valence-electron chi connectivity index (χ3n) is 4.72. The number of hydrogen-bond donors (Lipinski definition) is 2. The molecule has 29 heavy (non-hydrogen) atoms. The first-order valence-corrected chi connectivity index (χ1v) is 9.68. The first kappa shape index (κ1) is 20.3. The molecule has 150 valence electrons. The van der Waals surface area contributed by atoms with E-state index in [4.69, 9.17) is 0 Å². The summed E-state index contributed by atoms with van der Waals surface area (Å²) in [6, 6.07) is 16.2. The van der Waals surface area contributed by atoms with Gasteiger partial charge in [0.05, 0.1) is 6.54 Å². The fraction of sp³-hybridized carbons (Fsp3) is 0.261. The van der Waals surface area contributed by atoms with Crippen LogP contribution in [0.1, 0.15) is 35.3 Å². The van der Waals surface area contributed by atoms with Gasteiger partial charge in [-0.1, -0.05) is 44.2 Å². The molecule has 6 heteroatoms. The van der Waals surface area contributed by atoms with Crippen molar-refractivity contribution in [2.75, 3.05) is 5.32 Å². The number of carbonyl (C=O) groups excluding carboxylic acids is 2. The van der Waals surface area contributed by atoms with E-state index in [1.165, 1.54) is 0 Å². The second-order valence-corrected chi connectivity index (χ2v) is 7.40. The molecule has 1 atom stereocenters. The van der Waals surface area contributed by atoms with Crippen LogP contribution in [0.2, 0.25) is 0 Å². The highest BCUT2D eigenvalue weighted by atomic mass is 16.2. The largest absolute Gasteiger partial charge is 0.340 e. The Labute approximate surface area is 170 Å². The van der Waals surface area contributed by atoms with Crippen LogP contribution in [0.5, 0.6) is 0 Å². The number of aryl methyl sites for hydroxylation is 1. The van der Waals surface area contributed by atoms with Crippen LogP contribution in [0.3, 0.4) is 0 Å². The highest BCUT2D eigenvalue weighted by Crippen LogP contribution is 2.15. The van der Waals surface area contributed by atoms with Crippen LogP contribution in [0, 0.1) is 12.8 Å². The van der Waals surface area contributed by atoms with Crippen molar-refractivity contribution in [3.8, 4) is 0 Å². The summed E-state index contributed by atoms with van der Waals surface area (Å²) < 4.78 is 1.82. The molecule has 1 heterocycles. The van der Waals surface area contributed by atoms with Crippen LogP contribution in [0.25, 0.3) is 0 Å². The average Bonchev–Trinajstić information content (AvgIpc) is 3.19. The smallest absolute Gasteiger partial charge is 0.252 e. The molecule has 2 aromatic carbocycles. The minimum atomic E-state index is -0.642. The average molecular weight is 390 g/mol. The van der Waals surface area contributed by atoms with Gasteiger partial charge >= 0.3 is 0 Å². The summed E-state index contributed by atoms with van der Waals surface area (Å²) in [5, 5.41) is 10.0. The lowest BCUT2D eigenvalue weighted by molar-refractivity contribution is -0.118. The van der Waals surface area contributed by atoms with Crippen molar-refractivity contribution < 1.29 is 9.59 Å². The van der Waals surface area contributed by atoms with Crippen LogP contribution >= 0.6 is 0 Å². The van der Waals surface area contributed by atoms with Gasteiger partial charge in [-0.15, -0.1) is 0 Å². The standard InChI is InChI=1S/C23H26N4O2/c1-16(2)21(26-22(28)20-11-5-4-8-17(20)3)23(29)25-19-10-6-9-18(14-19)15-27-13-7-12-24-27/h4-14,16,21H,15H2,1-3H3,(H,25,29)(H,26,28). The Hall–Kier alpha value is -3.41. The van der Waals surface area contributed by atoms with Gasteiger partial charge in [0.15, 0.2) is 0 Å². The van der Waals surface area contributed by atoms with Gasteiger partial charge in [0.1, 0.15) is 6.04 Å². The number of nitrogens with zero attached hydrogens (tertiary/aromatic N) is 2. The molecule has 0 spiro atoms. The molecule has 0 aliphatic carbocycles. The first-order valence-electron chi connectivity index (χ1n) is 9.68. The normalized spacial score (nSPS) is 11.9. The van der Waals surface area contributed by atoms with E-state index in [1.54, 1.807) is 12.3 Å². The Kier molecular flexibility index (Phi) is 6.44. The van der Waals surface area contributed by atoms with E-state index in [0.29, 0.717) is 17.8 Å². The van der Waals surface area contributed by atoms with Crippen LogP contribution < -0.4 is 10.6 Å². The van der Waals surface area contributed by atoms with Gasteiger partial charge in [0.2, 0.25) is 5.91 Å². The highest BCUT2D eigenvalue weighted by Gasteiger charge is 2.25. The number of aromatic nitrogens is 2. The van der Waals surface area contributed by atoms with E-state index in [1.807, 2.05) is 80.2 Å². The second-order valence-electron chi connectivity index (χ2n) is 7.40. The zero-order valence-corrected chi connectivity index (χ0v) is 16.9. The fourth-order valence-corrected chi connectivity index (χ4v) is 3.13. The van der Waals surface area contributed by atoms with Crippen LogP contribution in [0.4, 0.5) is 5.69 Å². The Balaban J connectivity index is 1.70. The van der Waals surface area contributed by atoms with E-state index >= 15 is 0 Å². The number of hydrogen-bond acceptors (Lipinski definition) is 3. The molecular formula is C23H26N4O2. The van der Waals surface area contributed by atoms with Crippen LogP contribution in [-0.2, 0) is 11.3 Å². The zero-order valence-electron chi connectivity index (χ0n) is 16.9. The van der Waals surface area contributed by atoms with Gasteiger partial charge in [0, 0.05) is 23.6 Å². The summed E-state index contributed by atoms with van der Waals surface area (Å²) in [6.45, 7) is 6.33. The number of amides is 2.